The molecule has 1 fully saturated rings. The molecule has 0 amide bonds. The number of thiophene rings is 1. The second-order valence-electron chi connectivity index (χ2n) is 4.28. The van der Waals surface area contributed by atoms with E-state index in [-0.39, 0.29) is 6.10 Å². The molecule has 1 unspecified atom stereocenters. The SMILES string of the molecule is CN1CCOC(c2noc(-c3ccc(N)s3)n2)C1. The Balaban J connectivity index is 1.80. The molecule has 0 radical (unpaired) electrons. The minimum Gasteiger partial charge on any atom is -0.391 e. The Labute approximate surface area is 108 Å². The summed E-state index contributed by atoms with van der Waals surface area (Å²) in [4.78, 5) is 7.45. The van der Waals surface area contributed by atoms with Crippen LogP contribution in [0, 0.1) is 0 Å². The fourth-order valence-corrected chi connectivity index (χ4v) is 2.56. The second kappa shape index (κ2) is 4.68. The second-order valence-corrected chi connectivity index (χ2v) is 5.40. The van der Waals surface area contributed by atoms with Gasteiger partial charge < -0.3 is 19.9 Å². The van der Waals surface area contributed by atoms with Crippen LogP contribution in [-0.2, 0) is 4.74 Å². The van der Waals surface area contributed by atoms with Gasteiger partial charge in [0.15, 0.2) is 0 Å². The van der Waals surface area contributed by atoms with Gasteiger partial charge in [0.2, 0.25) is 5.82 Å². The molecule has 2 aromatic rings. The summed E-state index contributed by atoms with van der Waals surface area (Å²) in [6.07, 6.45) is -0.112. The lowest BCUT2D eigenvalue weighted by molar-refractivity contribution is -0.0264. The van der Waals surface area contributed by atoms with Crippen molar-refractivity contribution in [2.75, 3.05) is 32.5 Å². The highest BCUT2D eigenvalue weighted by molar-refractivity contribution is 7.19. The normalized spacial score (nSPS) is 21.3. The van der Waals surface area contributed by atoms with E-state index in [1.54, 1.807) is 0 Å². The summed E-state index contributed by atoms with van der Waals surface area (Å²) in [5.41, 5.74) is 5.68. The first-order valence-corrected chi connectivity index (χ1v) is 6.53. The smallest absolute Gasteiger partial charge is 0.268 e. The number of ether oxygens (including phenoxy) is 1. The van der Waals surface area contributed by atoms with Crippen LogP contribution >= 0.6 is 11.3 Å². The van der Waals surface area contributed by atoms with Crippen molar-refractivity contribution in [3.63, 3.8) is 0 Å². The van der Waals surface area contributed by atoms with E-state index in [4.69, 9.17) is 15.0 Å². The van der Waals surface area contributed by atoms with Crippen molar-refractivity contribution >= 4 is 16.3 Å². The van der Waals surface area contributed by atoms with Gasteiger partial charge in [0.1, 0.15) is 6.10 Å². The van der Waals surface area contributed by atoms with Crippen LogP contribution < -0.4 is 5.73 Å². The quantitative estimate of drug-likeness (QED) is 0.885. The van der Waals surface area contributed by atoms with E-state index in [2.05, 4.69) is 22.1 Å². The fourth-order valence-electron chi connectivity index (χ4n) is 1.87. The molecule has 1 aliphatic rings. The third-order valence-corrected chi connectivity index (χ3v) is 3.74. The monoisotopic (exact) mass is 266 g/mol. The molecule has 0 saturated carbocycles. The number of likely N-dealkylation sites (N-methyl/N-ethyl adjacent to an activating group) is 1. The zero-order valence-electron chi connectivity index (χ0n) is 10.00. The van der Waals surface area contributed by atoms with Gasteiger partial charge in [-0.2, -0.15) is 4.98 Å². The van der Waals surface area contributed by atoms with Crippen molar-refractivity contribution < 1.29 is 9.26 Å². The molecule has 18 heavy (non-hydrogen) atoms. The van der Waals surface area contributed by atoms with Gasteiger partial charge in [-0.3, -0.25) is 0 Å². The minimum atomic E-state index is -0.112. The standard InChI is InChI=1S/C11H14N4O2S/c1-15-4-5-16-7(6-15)10-13-11(17-14-10)8-2-3-9(12)18-8/h2-3,7H,4-6,12H2,1H3. The Hall–Kier alpha value is -1.44. The maximum absolute atomic E-state index is 5.68. The lowest BCUT2D eigenvalue weighted by Crippen LogP contribution is -2.35. The lowest BCUT2D eigenvalue weighted by atomic mass is 10.3. The Kier molecular flexibility index (Phi) is 3.02. The van der Waals surface area contributed by atoms with Gasteiger partial charge in [-0.15, -0.1) is 11.3 Å². The predicted octanol–water partition coefficient (Wildman–Crippen LogP) is 1.38. The molecule has 1 aliphatic heterocycles. The molecule has 96 valence electrons. The zero-order valence-corrected chi connectivity index (χ0v) is 10.8. The summed E-state index contributed by atoms with van der Waals surface area (Å²) in [7, 11) is 2.05. The Morgan fingerprint density at radius 3 is 3.11 bits per heavy atom. The summed E-state index contributed by atoms with van der Waals surface area (Å²) in [6, 6.07) is 3.71. The Morgan fingerprint density at radius 1 is 1.50 bits per heavy atom. The van der Waals surface area contributed by atoms with Gasteiger partial charge in [0.05, 0.1) is 16.5 Å². The summed E-state index contributed by atoms with van der Waals surface area (Å²) >= 11 is 1.43. The number of anilines is 1. The van der Waals surface area contributed by atoms with Crippen LogP contribution in [0.3, 0.4) is 0 Å². The highest BCUT2D eigenvalue weighted by Crippen LogP contribution is 2.29. The molecule has 0 aromatic carbocycles. The predicted molar refractivity (Wildman–Crippen MR) is 68.2 cm³/mol. The third kappa shape index (κ3) is 2.24. The van der Waals surface area contributed by atoms with Gasteiger partial charge >= 0.3 is 0 Å². The summed E-state index contributed by atoms with van der Waals surface area (Å²) < 4.78 is 10.9. The number of aromatic nitrogens is 2. The first kappa shape index (κ1) is 11.6. The maximum Gasteiger partial charge on any atom is 0.268 e. The van der Waals surface area contributed by atoms with Crippen molar-refractivity contribution in [1.82, 2.24) is 15.0 Å². The van der Waals surface area contributed by atoms with Crippen LogP contribution in [0.15, 0.2) is 16.7 Å². The van der Waals surface area contributed by atoms with Crippen LogP contribution in [0.5, 0.6) is 0 Å². The van der Waals surface area contributed by atoms with Crippen LogP contribution in [0.4, 0.5) is 5.00 Å². The number of nitrogen functional groups attached to an aromatic ring is 1. The average molecular weight is 266 g/mol. The average Bonchev–Trinajstić information content (AvgIpc) is 2.97. The highest BCUT2D eigenvalue weighted by atomic mass is 32.1. The molecule has 0 aliphatic carbocycles. The van der Waals surface area contributed by atoms with Gasteiger partial charge in [-0.25, -0.2) is 0 Å². The molecular formula is C11H14N4O2S. The number of hydrogen-bond donors (Lipinski definition) is 1. The van der Waals surface area contributed by atoms with E-state index in [1.165, 1.54) is 11.3 Å². The van der Waals surface area contributed by atoms with E-state index in [1.807, 2.05) is 12.1 Å². The zero-order chi connectivity index (χ0) is 12.5. The molecular weight excluding hydrogens is 252 g/mol. The van der Waals surface area contributed by atoms with E-state index in [9.17, 15) is 0 Å². The topological polar surface area (TPSA) is 77.4 Å². The molecule has 6 nitrogen and oxygen atoms in total. The molecule has 2 N–H and O–H groups in total. The van der Waals surface area contributed by atoms with Gasteiger partial charge in [-0.05, 0) is 19.2 Å². The molecule has 1 saturated heterocycles. The van der Waals surface area contributed by atoms with Crippen molar-refractivity contribution in [2.45, 2.75) is 6.10 Å². The molecule has 7 heteroatoms. The van der Waals surface area contributed by atoms with Crippen molar-refractivity contribution in [2.24, 2.45) is 0 Å². The first-order valence-electron chi connectivity index (χ1n) is 5.72. The highest BCUT2D eigenvalue weighted by Gasteiger charge is 2.24. The molecule has 1 atom stereocenters. The lowest BCUT2D eigenvalue weighted by Gasteiger charge is -2.27. The van der Waals surface area contributed by atoms with E-state index >= 15 is 0 Å². The molecule has 3 rings (SSSR count). The van der Waals surface area contributed by atoms with E-state index in [0.717, 1.165) is 23.0 Å². The third-order valence-electron chi connectivity index (χ3n) is 2.84. The molecule has 3 heterocycles. The van der Waals surface area contributed by atoms with Crippen molar-refractivity contribution in [3.8, 4) is 10.8 Å². The summed E-state index contributed by atoms with van der Waals surface area (Å²) in [5.74, 6) is 1.10. The van der Waals surface area contributed by atoms with Crippen molar-refractivity contribution in [3.05, 3.63) is 18.0 Å². The van der Waals surface area contributed by atoms with Gasteiger partial charge in [0.25, 0.3) is 5.89 Å². The number of nitrogens with two attached hydrogens (primary N) is 1. The van der Waals surface area contributed by atoms with Gasteiger partial charge in [0, 0.05) is 13.1 Å². The molecule has 0 bridgehead atoms. The van der Waals surface area contributed by atoms with E-state index < -0.39 is 0 Å². The maximum atomic E-state index is 5.68. The van der Waals surface area contributed by atoms with Gasteiger partial charge in [-0.1, -0.05) is 5.16 Å². The molecule has 0 spiro atoms. The Morgan fingerprint density at radius 2 is 2.39 bits per heavy atom. The number of hydrogen-bond acceptors (Lipinski definition) is 7. The summed E-state index contributed by atoms with van der Waals surface area (Å²) in [5, 5.41) is 4.72. The van der Waals surface area contributed by atoms with E-state index in [0.29, 0.717) is 18.3 Å². The molecule has 2 aromatic heterocycles. The fraction of sp³-hybridized carbons (Fsp3) is 0.455. The van der Waals surface area contributed by atoms with Crippen LogP contribution in [0.25, 0.3) is 10.8 Å². The Bertz CT molecular complexity index is 539. The summed E-state index contributed by atoms with van der Waals surface area (Å²) in [6.45, 7) is 2.41. The largest absolute Gasteiger partial charge is 0.391 e. The number of morpholine rings is 1. The van der Waals surface area contributed by atoms with Crippen LogP contribution in [-0.4, -0.2) is 41.8 Å². The minimum absolute atomic E-state index is 0.112. The number of nitrogens with zero attached hydrogens (tertiary/aromatic N) is 3. The van der Waals surface area contributed by atoms with Crippen molar-refractivity contribution in [1.29, 1.82) is 0 Å². The first-order chi connectivity index (χ1) is 8.72. The van der Waals surface area contributed by atoms with Crippen LogP contribution in [0.1, 0.15) is 11.9 Å². The number of rotatable bonds is 2. The van der Waals surface area contributed by atoms with Crippen LogP contribution in [0.2, 0.25) is 0 Å².